The number of benzene rings is 2. The minimum Gasteiger partial charge on any atom is -0.493 e. The molecule has 0 radical (unpaired) electrons. The molecule has 0 heterocycles. The smallest absolute Gasteiger partial charge is 0.416 e. The fourth-order valence-corrected chi connectivity index (χ4v) is 3.44. The van der Waals surface area contributed by atoms with E-state index in [-0.39, 0.29) is 17.7 Å². The molecule has 2 rings (SSSR count). The van der Waals surface area contributed by atoms with Crippen molar-refractivity contribution >= 4 is 29.4 Å². The number of unbranched alkanes of at least 4 members (excludes halogenated alkanes) is 1. The highest BCUT2D eigenvalue weighted by atomic mass is 35.5. The number of rotatable bonds is 16. The minimum absolute atomic E-state index is 0.0807. The summed E-state index contributed by atoms with van der Waals surface area (Å²) in [6.45, 7) is 5.91. The maximum atomic E-state index is 12.6. The summed E-state index contributed by atoms with van der Waals surface area (Å²) in [6, 6.07) is 8.72. The van der Waals surface area contributed by atoms with Gasteiger partial charge in [0.25, 0.3) is 0 Å². The Morgan fingerprint density at radius 2 is 1.57 bits per heavy atom. The highest BCUT2D eigenvalue weighted by molar-refractivity contribution is 6.55. The molecule has 10 heteroatoms. The van der Waals surface area contributed by atoms with E-state index >= 15 is 0 Å². The van der Waals surface area contributed by atoms with E-state index < -0.39 is 11.7 Å². The summed E-state index contributed by atoms with van der Waals surface area (Å²) in [5, 5.41) is 3.76. The monoisotopic (exact) mass is 561 g/mol. The zero-order valence-corrected chi connectivity index (χ0v) is 22.5. The molecular formula is C27H32Cl2F3NO4. The van der Waals surface area contributed by atoms with Crippen LogP contribution in [0.2, 0.25) is 0 Å². The predicted octanol–water partition coefficient (Wildman–Crippen LogP) is 7.91. The molecule has 2 aromatic carbocycles. The van der Waals surface area contributed by atoms with E-state index in [1.807, 2.05) is 12.1 Å². The number of alkyl halides is 3. The molecule has 0 aromatic heterocycles. The Bertz CT molecular complexity index is 983. The molecule has 0 aliphatic carbocycles. The molecule has 37 heavy (non-hydrogen) atoms. The molecule has 0 saturated heterocycles. The fraction of sp³-hybridized carbons (Fsp3) is 0.444. The van der Waals surface area contributed by atoms with E-state index in [9.17, 15) is 13.2 Å². The van der Waals surface area contributed by atoms with Crippen LogP contribution in [0.25, 0.3) is 0 Å². The van der Waals surface area contributed by atoms with Crippen LogP contribution in [-0.4, -0.2) is 32.6 Å². The van der Waals surface area contributed by atoms with Crippen LogP contribution in [0.4, 0.5) is 13.2 Å². The average Bonchev–Trinajstić information content (AvgIpc) is 2.86. The Hall–Kier alpha value is -2.42. The van der Waals surface area contributed by atoms with Crippen LogP contribution in [0.3, 0.4) is 0 Å². The number of nitrogens with zero attached hydrogens (tertiary/aromatic N) is 1. The lowest BCUT2D eigenvalue weighted by Crippen LogP contribution is -2.06. The standard InChI is InChI=1S/C27H32Cl2F3NO4/c1-3-21-17-24(35-15-11-25(28)29)18-22(4-2)26(21)36-14-6-5-13-34-16-12-33-37-19-20-7-9-23(10-8-20)27(30,31)32/h7-12,17-18H,3-6,13-16,19H2,1-2H3/b33-12+. The molecule has 0 spiro atoms. The normalized spacial score (nSPS) is 11.5. The highest BCUT2D eigenvalue weighted by Crippen LogP contribution is 2.31. The van der Waals surface area contributed by atoms with Gasteiger partial charge < -0.3 is 19.0 Å². The van der Waals surface area contributed by atoms with Crippen LogP contribution in [0.15, 0.2) is 52.1 Å². The molecule has 0 aliphatic heterocycles. The van der Waals surface area contributed by atoms with Gasteiger partial charge in [-0.25, -0.2) is 0 Å². The molecule has 0 amide bonds. The molecule has 5 nitrogen and oxygen atoms in total. The van der Waals surface area contributed by atoms with Gasteiger partial charge in [-0.1, -0.05) is 54.3 Å². The number of halogens is 5. The lowest BCUT2D eigenvalue weighted by Gasteiger charge is -2.17. The van der Waals surface area contributed by atoms with Crippen molar-refractivity contribution in [3.63, 3.8) is 0 Å². The zero-order valence-electron chi connectivity index (χ0n) is 21.0. The van der Waals surface area contributed by atoms with E-state index in [1.165, 1.54) is 18.3 Å². The van der Waals surface area contributed by atoms with Crippen molar-refractivity contribution in [3.05, 3.63) is 69.2 Å². The summed E-state index contributed by atoms with van der Waals surface area (Å²) in [7, 11) is 0. The van der Waals surface area contributed by atoms with Gasteiger partial charge in [-0.15, -0.1) is 0 Å². The first-order valence-electron chi connectivity index (χ1n) is 12.0. The predicted molar refractivity (Wildman–Crippen MR) is 141 cm³/mol. The quantitative estimate of drug-likeness (QED) is 0.119. The molecule has 0 saturated carbocycles. The van der Waals surface area contributed by atoms with Crippen molar-refractivity contribution in [3.8, 4) is 11.5 Å². The summed E-state index contributed by atoms with van der Waals surface area (Å²) in [6.07, 6.45) is 1.99. The maximum absolute atomic E-state index is 12.6. The number of ether oxygens (including phenoxy) is 3. The van der Waals surface area contributed by atoms with Gasteiger partial charge in [0.15, 0.2) is 0 Å². The maximum Gasteiger partial charge on any atom is 0.416 e. The van der Waals surface area contributed by atoms with Crippen LogP contribution >= 0.6 is 23.2 Å². The van der Waals surface area contributed by atoms with E-state index in [1.54, 1.807) is 6.08 Å². The number of aryl methyl sites for hydroxylation is 2. The summed E-state index contributed by atoms with van der Waals surface area (Å²) in [5.74, 6) is 1.66. The number of hydrogen-bond acceptors (Lipinski definition) is 5. The van der Waals surface area contributed by atoms with Crippen LogP contribution < -0.4 is 9.47 Å². The van der Waals surface area contributed by atoms with Crippen LogP contribution in [0.1, 0.15) is 48.9 Å². The van der Waals surface area contributed by atoms with E-state index in [0.717, 1.165) is 60.4 Å². The van der Waals surface area contributed by atoms with Crippen molar-refractivity contribution < 1.29 is 32.2 Å². The van der Waals surface area contributed by atoms with Crippen LogP contribution in [0, 0.1) is 0 Å². The van der Waals surface area contributed by atoms with Crippen molar-refractivity contribution in [1.29, 1.82) is 0 Å². The van der Waals surface area contributed by atoms with Gasteiger partial charge in [-0.05, 0) is 72.7 Å². The van der Waals surface area contributed by atoms with Gasteiger partial charge in [0.05, 0.1) is 25.0 Å². The third-order valence-corrected chi connectivity index (χ3v) is 5.56. The van der Waals surface area contributed by atoms with E-state index in [2.05, 4.69) is 19.0 Å². The molecule has 0 bridgehead atoms. The molecule has 0 fully saturated rings. The highest BCUT2D eigenvalue weighted by Gasteiger charge is 2.29. The third kappa shape index (κ3) is 11.7. The second-order valence-electron chi connectivity index (χ2n) is 7.97. The molecule has 0 unspecified atom stereocenters. The van der Waals surface area contributed by atoms with Crippen molar-refractivity contribution in [2.75, 3.05) is 26.4 Å². The van der Waals surface area contributed by atoms with E-state index in [4.69, 9.17) is 42.3 Å². The van der Waals surface area contributed by atoms with Gasteiger partial charge >= 0.3 is 6.18 Å². The number of hydrogen-bond donors (Lipinski definition) is 0. The van der Waals surface area contributed by atoms with Crippen LogP contribution in [-0.2, 0) is 35.2 Å². The van der Waals surface area contributed by atoms with Gasteiger partial charge in [-0.2, -0.15) is 13.2 Å². The van der Waals surface area contributed by atoms with Crippen molar-refractivity contribution in [2.24, 2.45) is 5.16 Å². The summed E-state index contributed by atoms with van der Waals surface area (Å²) in [5.41, 5.74) is 2.07. The van der Waals surface area contributed by atoms with Crippen LogP contribution in [0.5, 0.6) is 11.5 Å². The first-order chi connectivity index (χ1) is 17.7. The van der Waals surface area contributed by atoms with Gasteiger partial charge in [-0.3, -0.25) is 0 Å². The first-order valence-corrected chi connectivity index (χ1v) is 12.8. The Morgan fingerprint density at radius 3 is 2.16 bits per heavy atom. The van der Waals surface area contributed by atoms with Gasteiger partial charge in [0.2, 0.25) is 0 Å². The minimum atomic E-state index is -4.35. The van der Waals surface area contributed by atoms with Crippen molar-refractivity contribution in [2.45, 2.75) is 52.3 Å². The molecule has 2 aromatic rings. The van der Waals surface area contributed by atoms with Crippen molar-refractivity contribution in [1.82, 2.24) is 0 Å². The Morgan fingerprint density at radius 1 is 0.919 bits per heavy atom. The molecular weight excluding hydrogens is 530 g/mol. The Kier molecular flexibility index (Phi) is 13.7. The summed E-state index contributed by atoms with van der Waals surface area (Å²) >= 11 is 11.3. The topological polar surface area (TPSA) is 49.3 Å². The van der Waals surface area contributed by atoms with E-state index in [0.29, 0.717) is 25.4 Å². The lowest BCUT2D eigenvalue weighted by atomic mass is 10.0. The molecule has 204 valence electrons. The average molecular weight is 562 g/mol. The third-order valence-electron chi connectivity index (χ3n) is 5.25. The summed E-state index contributed by atoms with van der Waals surface area (Å²) < 4.78 is 55.2. The SMILES string of the molecule is CCc1cc(OCC=C(Cl)Cl)cc(CC)c1OCCCCOC/C=N/OCc1ccc(C(F)(F)F)cc1. The lowest BCUT2D eigenvalue weighted by molar-refractivity contribution is -0.137. The molecule has 0 aliphatic rings. The zero-order chi connectivity index (χ0) is 27.1. The number of oxime groups is 1. The molecule has 0 atom stereocenters. The first kappa shape index (κ1) is 30.8. The fourth-order valence-electron chi connectivity index (χ4n) is 3.32. The second-order valence-corrected chi connectivity index (χ2v) is 8.98. The van der Waals surface area contributed by atoms with Gasteiger partial charge in [0, 0.05) is 6.61 Å². The Balaban J connectivity index is 1.64. The van der Waals surface area contributed by atoms with Gasteiger partial charge in [0.1, 0.15) is 29.2 Å². The largest absolute Gasteiger partial charge is 0.493 e. The summed E-state index contributed by atoms with van der Waals surface area (Å²) in [4.78, 5) is 5.09. The Labute approximate surface area is 226 Å². The second kappa shape index (κ2) is 16.4. The molecule has 0 N–H and O–H groups in total.